The Hall–Kier alpha value is -1.88. The minimum atomic E-state index is -1.33. The molecule has 0 unspecified atom stereocenters. The molecule has 0 bridgehead atoms. The zero-order chi connectivity index (χ0) is 12.1. The van der Waals surface area contributed by atoms with Crippen LogP contribution in [0, 0.1) is 5.92 Å². The Morgan fingerprint density at radius 2 is 1.69 bits per heavy atom. The van der Waals surface area contributed by atoms with Crippen molar-refractivity contribution in [2.45, 2.75) is 12.5 Å². The van der Waals surface area contributed by atoms with E-state index in [1.807, 2.05) is 0 Å². The molecule has 1 aromatic rings. The van der Waals surface area contributed by atoms with Gasteiger partial charge in [0.2, 0.25) is 0 Å². The third-order valence-electron chi connectivity index (χ3n) is 2.23. The van der Waals surface area contributed by atoms with E-state index in [9.17, 15) is 14.7 Å². The van der Waals surface area contributed by atoms with E-state index in [4.69, 9.17) is 10.2 Å². The molecular formula is C11H12O5. The van der Waals surface area contributed by atoms with Crippen molar-refractivity contribution in [2.75, 3.05) is 0 Å². The zero-order valence-corrected chi connectivity index (χ0v) is 8.41. The molecule has 0 heterocycles. The van der Waals surface area contributed by atoms with Gasteiger partial charge in [-0.3, -0.25) is 9.59 Å². The van der Waals surface area contributed by atoms with E-state index in [-0.39, 0.29) is 0 Å². The summed E-state index contributed by atoms with van der Waals surface area (Å²) >= 11 is 0. The minimum Gasteiger partial charge on any atom is -0.481 e. The van der Waals surface area contributed by atoms with Gasteiger partial charge >= 0.3 is 11.9 Å². The molecule has 0 aliphatic carbocycles. The fourth-order valence-electron chi connectivity index (χ4n) is 1.40. The first-order chi connectivity index (χ1) is 7.52. The number of hydrogen-bond donors (Lipinski definition) is 3. The molecule has 0 aliphatic rings. The summed E-state index contributed by atoms with van der Waals surface area (Å²) in [5, 5.41) is 27.1. The number of aliphatic hydroxyl groups excluding tert-OH is 1. The highest BCUT2D eigenvalue weighted by molar-refractivity contribution is 5.78. The van der Waals surface area contributed by atoms with Gasteiger partial charge in [-0.2, -0.15) is 0 Å². The van der Waals surface area contributed by atoms with Gasteiger partial charge in [-0.25, -0.2) is 0 Å². The summed E-state index contributed by atoms with van der Waals surface area (Å²) in [4.78, 5) is 21.3. The minimum absolute atomic E-state index is 0.399. The molecule has 0 spiro atoms. The predicted octanol–water partition coefficient (Wildman–Crippen LogP) is 0.895. The van der Waals surface area contributed by atoms with Crippen LogP contribution in [0.15, 0.2) is 30.3 Å². The van der Waals surface area contributed by atoms with Crippen LogP contribution in [0.2, 0.25) is 0 Å². The van der Waals surface area contributed by atoms with Crippen molar-refractivity contribution in [2.24, 2.45) is 5.92 Å². The van der Waals surface area contributed by atoms with Gasteiger partial charge in [0, 0.05) is 0 Å². The first-order valence-corrected chi connectivity index (χ1v) is 4.70. The fourth-order valence-corrected chi connectivity index (χ4v) is 1.40. The number of carboxylic acids is 2. The van der Waals surface area contributed by atoms with Gasteiger partial charge in [-0.15, -0.1) is 0 Å². The zero-order valence-electron chi connectivity index (χ0n) is 8.41. The van der Waals surface area contributed by atoms with Gasteiger partial charge in [0.15, 0.2) is 0 Å². The molecule has 3 N–H and O–H groups in total. The van der Waals surface area contributed by atoms with E-state index in [0.717, 1.165) is 0 Å². The Bertz CT molecular complexity index is 373. The van der Waals surface area contributed by atoms with Gasteiger partial charge in [0.25, 0.3) is 0 Å². The van der Waals surface area contributed by atoms with E-state index in [2.05, 4.69) is 0 Å². The quantitative estimate of drug-likeness (QED) is 0.690. The van der Waals surface area contributed by atoms with Crippen molar-refractivity contribution in [1.29, 1.82) is 0 Å². The first-order valence-electron chi connectivity index (χ1n) is 4.70. The molecule has 0 aromatic heterocycles. The molecule has 0 radical (unpaired) electrons. The molecule has 0 amide bonds. The molecule has 0 saturated heterocycles. The topological polar surface area (TPSA) is 94.8 Å². The summed E-state index contributed by atoms with van der Waals surface area (Å²) in [6.45, 7) is 0. The van der Waals surface area contributed by atoms with E-state index in [0.29, 0.717) is 5.56 Å². The Kier molecular flexibility index (Phi) is 4.02. The molecule has 5 nitrogen and oxygen atoms in total. The number of hydrogen-bond acceptors (Lipinski definition) is 3. The highest BCUT2D eigenvalue weighted by Crippen LogP contribution is 2.24. The van der Waals surface area contributed by atoms with Crippen LogP contribution in [-0.4, -0.2) is 27.3 Å². The Labute approximate surface area is 92.0 Å². The lowest BCUT2D eigenvalue weighted by Crippen LogP contribution is -2.24. The van der Waals surface area contributed by atoms with Gasteiger partial charge < -0.3 is 15.3 Å². The second kappa shape index (κ2) is 5.27. The lowest BCUT2D eigenvalue weighted by molar-refractivity contribution is -0.152. The standard InChI is InChI=1S/C11H12O5/c12-9(13)6-8(11(15)16)10(14)7-4-2-1-3-5-7/h1-5,8,10,14H,6H2,(H,12,13)(H,15,16)/t8-,10-/m0/s1. The third kappa shape index (κ3) is 3.06. The van der Waals surface area contributed by atoms with Gasteiger partial charge in [0.05, 0.1) is 18.4 Å². The maximum atomic E-state index is 10.8. The normalized spacial score (nSPS) is 14.1. The number of carboxylic acid groups (broad SMARTS) is 2. The third-order valence-corrected chi connectivity index (χ3v) is 2.23. The molecular weight excluding hydrogens is 212 g/mol. The van der Waals surface area contributed by atoms with Gasteiger partial charge in [-0.1, -0.05) is 30.3 Å². The summed E-state index contributed by atoms with van der Waals surface area (Å²) in [6, 6.07) is 8.14. The van der Waals surface area contributed by atoms with E-state index in [1.165, 1.54) is 0 Å². The van der Waals surface area contributed by atoms with Crippen LogP contribution in [0.1, 0.15) is 18.1 Å². The molecule has 2 atom stereocenters. The summed E-state index contributed by atoms with van der Waals surface area (Å²) < 4.78 is 0. The molecule has 5 heteroatoms. The number of carbonyl (C=O) groups is 2. The van der Waals surface area contributed by atoms with Crippen LogP contribution in [-0.2, 0) is 9.59 Å². The van der Waals surface area contributed by atoms with E-state index in [1.54, 1.807) is 30.3 Å². The van der Waals surface area contributed by atoms with Gasteiger partial charge in [0.1, 0.15) is 0 Å². The SMILES string of the molecule is O=C(O)C[C@H](C(=O)O)[C@@H](O)c1ccccc1. The Morgan fingerprint density at radius 1 is 1.12 bits per heavy atom. The van der Waals surface area contributed by atoms with Crippen LogP contribution in [0.5, 0.6) is 0 Å². The highest BCUT2D eigenvalue weighted by atomic mass is 16.4. The molecule has 0 aliphatic heterocycles. The average Bonchev–Trinajstić information content (AvgIpc) is 2.25. The van der Waals surface area contributed by atoms with Crippen molar-refractivity contribution in [3.63, 3.8) is 0 Å². The van der Waals surface area contributed by atoms with Crippen LogP contribution < -0.4 is 0 Å². The molecule has 86 valence electrons. The Balaban J connectivity index is 2.87. The number of aliphatic carboxylic acids is 2. The van der Waals surface area contributed by atoms with Crippen LogP contribution >= 0.6 is 0 Å². The lowest BCUT2D eigenvalue weighted by Gasteiger charge is -2.17. The monoisotopic (exact) mass is 224 g/mol. The van der Waals surface area contributed by atoms with Crippen molar-refractivity contribution in [3.8, 4) is 0 Å². The van der Waals surface area contributed by atoms with Gasteiger partial charge in [-0.05, 0) is 5.56 Å². The lowest BCUT2D eigenvalue weighted by atomic mass is 9.93. The van der Waals surface area contributed by atoms with E-state index >= 15 is 0 Å². The maximum absolute atomic E-state index is 10.8. The maximum Gasteiger partial charge on any atom is 0.310 e. The number of aliphatic hydroxyl groups is 1. The van der Waals surface area contributed by atoms with E-state index < -0.39 is 30.4 Å². The van der Waals surface area contributed by atoms with Crippen LogP contribution in [0.3, 0.4) is 0 Å². The molecule has 1 rings (SSSR count). The summed E-state index contributed by atoms with van der Waals surface area (Å²) in [7, 11) is 0. The first kappa shape index (κ1) is 12.2. The molecule has 0 fully saturated rings. The van der Waals surface area contributed by atoms with Crippen molar-refractivity contribution in [1.82, 2.24) is 0 Å². The summed E-state index contributed by atoms with van der Waals surface area (Å²) in [5.74, 6) is -3.90. The fraction of sp³-hybridized carbons (Fsp3) is 0.273. The molecule has 16 heavy (non-hydrogen) atoms. The van der Waals surface area contributed by atoms with Crippen LogP contribution in [0.25, 0.3) is 0 Å². The summed E-state index contributed by atoms with van der Waals surface area (Å²) in [5.41, 5.74) is 0.399. The van der Waals surface area contributed by atoms with Crippen molar-refractivity contribution < 1.29 is 24.9 Å². The second-order valence-corrected chi connectivity index (χ2v) is 3.40. The Morgan fingerprint density at radius 3 is 2.12 bits per heavy atom. The predicted molar refractivity (Wildman–Crippen MR) is 54.8 cm³/mol. The highest BCUT2D eigenvalue weighted by Gasteiger charge is 2.29. The van der Waals surface area contributed by atoms with Crippen molar-refractivity contribution >= 4 is 11.9 Å². The second-order valence-electron chi connectivity index (χ2n) is 3.40. The molecule has 1 aromatic carbocycles. The summed E-state index contributed by atoms with van der Waals surface area (Å²) in [6.07, 6.45) is -1.92. The number of rotatable bonds is 5. The molecule has 0 saturated carbocycles. The van der Waals surface area contributed by atoms with Crippen molar-refractivity contribution in [3.05, 3.63) is 35.9 Å². The smallest absolute Gasteiger partial charge is 0.310 e. The largest absolute Gasteiger partial charge is 0.481 e. The average molecular weight is 224 g/mol. The number of benzene rings is 1. The van der Waals surface area contributed by atoms with Crippen LogP contribution in [0.4, 0.5) is 0 Å².